The lowest BCUT2D eigenvalue weighted by Crippen LogP contribution is -2.35. The normalized spacial score (nSPS) is 14.7. The van der Waals surface area contributed by atoms with Crippen LogP contribution in [-0.2, 0) is 0 Å². The first-order valence-corrected chi connectivity index (χ1v) is 15.8. The van der Waals surface area contributed by atoms with Crippen molar-refractivity contribution in [2.45, 2.75) is 76.6 Å². The molecule has 5 rings (SSSR count). The zero-order chi connectivity index (χ0) is 29.8. The van der Waals surface area contributed by atoms with E-state index >= 15 is 0 Å². The van der Waals surface area contributed by atoms with E-state index in [1.54, 1.807) is 0 Å². The van der Waals surface area contributed by atoms with Crippen LogP contribution in [0.5, 0.6) is 5.75 Å². The van der Waals surface area contributed by atoms with E-state index in [1.165, 1.54) is 11.1 Å². The fourth-order valence-electron chi connectivity index (χ4n) is 5.59. The van der Waals surface area contributed by atoms with Gasteiger partial charge in [-0.25, -0.2) is 0 Å². The molecule has 4 aromatic rings. The maximum atomic E-state index is 9.33. The van der Waals surface area contributed by atoms with Crippen molar-refractivity contribution >= 4 is 45.9 Å². The van der Waals surface area contributed by atoms with Crippen molar-refractivity contribution in [3.05, 3.63) is 53.2 Å². The smallest absolute Gasteiger partial charge is 0.231 e. The van der Waals surface area contributed by atoms with E-state index in [2.05, 4.69) is 76.8 Å². The van der Waals surface area contributed by atoms with Gasteiger partial charge in [-0.2, -0.15) is 15.1 Å². The molecule has 0 unspecified atom stereocenters. The first kappa shape index (κ1) is 30.1. The molecule has 1 aliphatic heterocycles. The molecule has 9 nitrogen and oxygen atoms in total. The minimum absolute atomic E-state index is 0.0112. The maximum absolute atomic E-state index is 9.33. The van der Waals surface area contributed by atoms with Crippen LogP contribution in [0.3, 0.4) is 0 Å². The number of benzene rings is 2. The highest BCUT2D eigenvalue weighted by molar-refractivity contribution is 8.00. The molecule has 2 aromatic heterocycles. The summed E-state index contributed by atoms with van der Waals surface area (Å²) in [5, 5.41) is 25.2. The van der Waals surface area contributed by atoms with Gasteiger partial charge < -0.3 is 25.4 Å². The lowest BCUT2D eigenvalue weighted by atomic mass is 9.86. The monoisotopic (exact) mass is 589 g/mol. The number of nitrogens with zero attached hydrogens (tertiary/aromatic N) is 4. The van der Waals surface area contributed by atoms with Crippen LogP contribution in [0.15, 0.2) is 41.3 Å². The van der Waals surface area contributed by atoms with E-state index < -0.39 is 0 Å². The molecule has 10 heteroatoms. The number of anilines is 4. The van der Waals surface area contributed by atoms with Crippen molar-refractivity contribution in [3.8, 4) is 5.75 Å². The number of aliphatic hydroxyl groups is 1. The highest BCUT2D eigenvalue weighted by Crippen LogP contribution is 2.39. The summed E-state index contributed by atoms with van der Waals surface area (Å²) < 4.78 is 6.33. The van der Waals surface area contributed by atoms with Crippen LogP contribution in [0.25, 0.3) is 11.0 Å². The Labute approximate surface area is 252 Å². The van der Waals surface area contributed by atoms with Crippen molar-refractivity contribution in [1.82, 2.24) is 25.1 Å². The second-order valence-corrected chi connectivity index (χ2v) is 13.2. The number of piperidine rings is 1. The number of fused-ring (bicyclic) bond motifs is 1. The third kappa shape index (κ3) is 6.99. The number of aromatic amines is 1. The first-order chi connectivity index (χ1) is 20.2. The van der Waals surface area contributed by atoms with Crippen LogP contribution >= 0.6 is 11.8 Å². The lowest BCUT2D eigenvalue weighted by Gasteiger charge is -2.32. The number of ether oxygens (including phenoxy) is 1. The van der Waals surface area contributed by atoms with E-state index in [9.17, 15) is 5.11 Å². The van der Waals surface area contributed by atoms with Crippen molar-refractivity contribution in [2.75, 3.05) is 36.9 Å². The molecule has 0 radical (unpaired) electrons. The summed E-state index contributed by atoms with van der Waals surface area (Å²) in [6, 6.07) is 12.6. The Morgan fingerprint density at radius 3 is 2.52 bits per heavy atom. The van der Waals surface area contributed by atoms with Crippen LogP contribution in [0, 0.1) is 13.8 Å². The zero-order valence-electron chi connectivity index (χ0n) is 25.5. The van der Waals surface area contributed by atoms with Crippen LogP contribution in [0.1, 0.15) is 63.3 Å². The quantitative estimate of drug-likeness (QED) is 0.139. The molecule has 224 valence electrons. The number of nitrogens with one attached hydrogen (secondary N) is 3. The van der Waals surface area contributed by atoms with E-state index in [0.717, 1.165) is 65.6 Å². The molecule has 0 amide bonds. The molecular formula is C32H43N7O2S. The Bertz CT molecular complexity index is 1510. The van der Waals surface area contributed by atoms with Gasteiger partial charge in [0.15, 0.2) is 5.65 Å². The summed E-state index contributed by atoms with van der Waals surface area (Å²) in [4.78, 5) is 13.2. The number of aromatic nitrogens is 4. The van der Waals surface area contributed by atoms with Crippen LogP contribution in [0.2, 0.25) is 0 Å². The van der Waals surface area contributed by atoms with Gasteiger partial charge in [0, 0.05) is 22.4 Å². The minimum Gasteiger partial charge on any atom is -0.489 e. The Kier molecular flexibility index (Phi) is 9.55. The standard InChI is InChI=1S/C32H43N7O2S/c1-19(2)41-27-18-24(23-11-13-39(14-12-23)15-16-40)21(5)17-26(27)34-32-35-30(29-22(6)37-38-31(29)36-32)33-25-9-7-8-10-28(25)42-20(3)4/h7-10,17-20,23,40H,11-16H2,1-6H3,(H3,33,34,35,36,37,38). The van der Waals surface area contributed by atoms with Crippen molar-refractivity contribution < 1.29 is 9.84 Å². The fourth-order valence-corrected chi connectivity index (χ4v) is 6.50. The predicted molar refractivity (Wildman–Crippen MR) is 173 cm³/mol. The number of hydrogen-bond acceptors (Lipinski definition) is 9. The average Bonchev–Trinajstić information content (AvgIpc) is 3.32. The molecule has 0 spiro atoms. The highest BCUT2D eigenvalue weighted by Gasteiger charge is 2.24. The van der Waals surface area contributed by atoms with Gasteiger partial charge in [0.25, 0.3) is 0 Å². The second kappa shape index (κ2) is 13.3. The van der Waals surface area contributed by atoms with E-state index in [1.807, 2.05) is 38.6 Å². The van der Waals surface area contributed by atoms with Gasteiger partial charge in [-0.3, -0.25) is 5.10 Å². The van der Waals surface area contributed by atoms with Gasteiger partial charge in [-0.1, -0.05) is 26.0 Å². The topological polar surface area (TPSA) is 111 Å². The molecule has 0 aliphatic carbocycles. The largest absolute Gasteiger partial charge is 0.489 e. The minimum atomic E-state index is 0.0112. The molecule has 0 bridgehead atoms. The van der Waals surface area contributed by atoms with Crippen LogP contribution in [0.4, 0.5) is 23.1 Å². The number of thioether (sulfide) groups is 1. The first-order valence-electron chi connectivity index (χ1n) is 14.9. The number of aliphatic hydroxyl groups excluding tert-OH is 1. The molecule has 0 saturated carbocycles. The molecule has 1 fully saturated rings. The Morgan fingerprint density at radius 2 is 1.81 bits per heavy atom. The molecule has 4 N–H and O–H groups in total. The molecule has 2 aromatic carbocycles. The predicted octanol–water partition coefficient (Wildman–Crippen LogP) is 6.92. The third-order valence-electron chi connectivity index (χ3n) is 7.52. The molecule has 0 atom stereocenters. The number of H-pyrrole nitrogens is 1. The summed E-state index contributed by atoms with van der Waals surface area (Å²) >= 11 is 1.81. The van der Waals surface area contributed by atoms with E-state index in [4.69, 9.17) is 14.7 Å². The Hall–Kier alpha value is -3.34. The molecule has 1 saturated heterocycles. The Balaban J connectivity index is 1.48. The van der Waals surface area contributed by atoms with Gasteiger partial charge >= 0.3 is 0 Å². The van der Waals surface area contributed by atoms with E-state index in [0.29, 0.717) is 28.6 Å². The van der Waals surface area contributed by atoms with Gasteiger partial charge in [0.1, 0.15) is 11.6 Å². The second-order valence-electron chi connectivity index (χ2n) is 11.6. The number of β-amino-alcohol motifs (C(OH)–C–C–N with tert-alkyl or cyclic N) is 1. The summed E-state index contributed by atoms with van der Waals surface area (Å²) in [6.45, 7) is 15.6. The highest BCUT2D eigenvalue weighted by atomic mass is 32.2. The third-order valence-corrected chi connectivity index (χ3v) is 8.60. The van der Waals surface area contributed by atoms with Crippen molar-refractivity contribution in [3.63, 3.8) is 0 Å². The molecular weight excluding hydrogens is 546 g/mol. The maximum Gasteiger partial charge on any atom is 0.231 e. The lowest BCUT2D eigenvalue weighted by molar-refractivity contribution is 0.164. The van der Waals surface area contributed by atoms with Gasteiger partial charge in [-0.15, -0.1) is 11.8 Å². The average molecular weight is 590 g/mol. The number of aryl methyl sites for hydroxylation is 2. The fraction of sp³-hybridized carbons (Fsp3) is 0.469. The Morgan fingerprint density at radius 1 is 1.05 bits per heavy atom. The molecule has 42 heavy (non-hydrogen) atoms. The van der Waals surface area contributed by atoms with Gasteiger partial charge in [0.05, 0.1) is 29.5 Å². The number of rotatable bonds is 11. The van der Waals surface area contributed by atoms with Gasteiger partial charge in [-0.05, 0) is 94.9 Å². The summed E-state index contributed by atoms with van der Waals surface area (Å²) in [6.07, 6.45) is 2.15. The van der Waals surface area contributed by atoms with Crippen molar-refractivity contribution in [1.29, 1.82) is 0 Å². The van der Waals surface area contributed by atoms with Crippen molar-refractivity contribution in [2.24, 2.45) is 0 Å². The molecule has 1 aliphatic rings. The van der Waals surface area contributed by atoms with E-state index in [-0.39, 0.29) is 12.7 Å². The molecule has 3 heterocycles. The van der Waals surface area contributed by atoms with Gasteiger partial charge in [0.2, 0.25) is 5.95 Å². The number of para-hydroxylation sites is 1. The summed E-state index contributed by atoms with van der Waals surface area (Å²) in [5.41, 5.74) is 5.86. The summed E-state index contributed by atoms with van der Waals surface area (Å²) in [5.74, 6) is 2.39. The summed E-state index contributed by atoms with van der Waals surface area (Å²) in [7, 11) is 0. The number of likely N-dealkylation sites (tertiary alicyclic amines) is 1. The zero-order valence-corrected chi connectivity index (χ0v) is 26.3. The number of hydrogen-bond donors (Lipinski definition) is 4. The SMILES string of the molecule is Cc1cc(Nc2nc(Nc3ccccc3SC(C)C)c3c(C)[nH]nc3n2)c(OC(C)C)cc1C1CCN(CCO)CC1. The van der Waals surface area contributed by atoms with Crippen LogP contribution < -0.4 is 15.4 Å². The van der Waals surface area contributed by atoms with Crippen LogP contribution in [-0.4, -0.2) is 67.8 Å².